The molecule has 0 aliphatic carbocycles. The van der Waals surface area contributed by atoms with Crippen LogP contribution in [0.15, 0.2) is 23.1 Å². The van der Waals surface area contributed by atoms with Gasteiger partial charge >= 0.3 is 5.97 Å². The molecule has 0 radical (unpaired) electrons. The summed E-state index contributed by atoms with van der Waals surface area (Å²) in [7, 11) is -3.01. The molecule has 8 nitrogen and oxygen atoms in total. The third-order valence-electron chi connectivity index (χ3n) is 2.45. The van der Waals surface area contributed by atoms with Crippen molar-refractivity contribution in [2.45, 2.75) is 11.3 Å². The van der Waals surface area contributed by atoms with Gasteiger partial charge in [-0.05, 0) is 12.1 Å². The first-order valence-electron chi connectivity index (χ1n) is 5.28. The molecule has 0 aromatic heterocycles. The van der Waals surface area contributed by atoms with Crippen LogP contribution in [-0.4, -0.2) is 42.3 Å². The molecule has 1 N–H and O–H groups in total. The van der Waals surface area contributed by atoms with E-state index in [2.05, 4.69) is 0 Å². The number of rotatable bonds is 6. The second-order valence-electron chi connectivity index (χ2n) is 3.84. The van der Waals surface area contributed by atoms with Gasteiger partial charge in [-0.3, -0.25) is 14.9 Å². The molecule has 0 aliphatic rings. The Bertz CT molecular complexity index is 645. The first-order valence-corrected chi connectivity index (χ1v) is 7.10. The number of nitro groups is 1. The predicted molar refractivity (Wildman–Crippen MR) is 70.2 cm³/mol. The Labute approximate surface area is 119 Å². The molecule has 0 unspecified atom stereocenters. The molecule has 1 aromatic carbocycles. The zero-order valence-electron chi connectivity index (χ0n) is 10.3. The van der Waals surface area contributed by atoms with Crippen molar-refractivity contribution in [3.63, 3.8) is 0 Å². The van der Waals surface area contributed by atoms with Crippen LogP contribution in [0.2, 0.25) is 5.02 Å². The molecular formula is C10H11ClN2O6S. The number of carboxylic acids is 1. The second kappa shape index (κ2) is 6.16. The number of nitro benzene ring substituents is 1. The monoisotopic (exact) mass is 322 g/mol. The molecule has 0 amide bonds. The van der Waals surface area contributed by atoms with Crippen LogP contribution in [0, 0.1) is 10.1 Å². The van der Waals surface area contributed by atoms with Gasteiger partial charge in [0.1, 0.15) is 0 Å². The van der Waals surface area contributed by atoms with Crippen molar-refractivity contribution in [2.24, 2.45) is 0 Å². The lowest BCUT2D eigenvalue weighted by atomic mass is 10.3. The van der Waals surface area contributed by atoms with Gasteiger partial charge in [-0.25, -0.2) is 12.7 Å². The summed E-state index contributed by atoms with van der Waals surface area (Å²) < 4.78 is 25.1. The minimum atomic E-state index is -4.16. The van der Waals surface area contributed by atoms with Crippen LogP contribution in [-0.2, 0) is 14.8 Å². The molecule has 0 saturated carbocycles. The van der Waals surface area contributed by atoms with E-state index < -0.39 is 37.9 Å². The van der Waals surface area contributed by atoms with Crippen molar-refractivity contribution < 1.29 is 23.2 Å². The number of benzene rings is 1. The molecule has 0 aliphatic heterocycles. The number of aliphatic carboxylic acids is 1. The Kier molecular flexibility index (Phi) is 5.03. The van der Waals surface area contributed by atoms with E-state index in [1.807, 2.05) is 0 Å². The number of halogens is 1. The first-order chi connectivity index (χ1) is 9.16. The van der Waals surface area contributed by atoms with E-state index in [4.69, 9.17) is 16.7 Å². The zero-order valence-corrected chi connectivity index (χ0v) is 11.9. The summed E-state index contributed by atoms with van der Waals surface area (Å²) in [5.74, 6) is -1.17. The standard InChI is InChI=1S/C10H11ClN2O6S/c1-12(5-4-10(14)15)20(18,19)9-3-2-7(11)6-8(9)13(16)17/h2-3,6H,4-5H2,1H3,(H,14,15). The predicted octanol–water partition coefficient (Wildman–Crippen LogP) is 1.34. The Balaban J connectivity index is 3.21. The molecule has 1 rings (SSSR count). The van der Waals surface area contributed by atoms with Crippen LogP contribution in [0.4, 0.5) is 5.69 Å². The lowest BCUT2D eigenvalue weighted by molar-refractivity contribution is -0.387. The second-order valence-corrected chi connectivity index (χ2v) is 6.29. The highest BCUT2D eigenvalue weighted by Crippen LogP contribution is 2.29. The van der Waals surface area contributed by atoms with Crippen molar-refractivity contribution in [1.29, 1.82) is 0 Å². The van der Waals surface area contributed by atoms with Crippen LogP contribution >= 0.6 is 11.6 Å². The Morgan fingerprint density at radius 2 is 2.10 bits per heavy atom. The normalized spacial score (nSPS) is 11.6. The van der Waals surface area contributed by atoms with Gasteiger partial charge in [0.15, 0.2) is 4.90 Å². The van der Waals surface area contributed by atoms with Gasteiger partial charge in [-0.1, -0.05) is 11.6 Å². The minimum absolute atomic E-state index is 0.0313. The van der Waals surface area contributed by atoms with E-state index in [0.717, 1.165) is 23.5 Å². The number of hydrogen-bond donors (Lipinski definition) is 1. The molecule has 0 atom stereocenters. The van der Waals surface area contributed by atoms with Gasteiger partial charge in [0.05, 0.1) is 11.3 Å². The average molecular weight is 323 g/mol. The summed E-state index contributed by atoms with van der Waals surface area (Å²) in [4.78, 5) is 19.9. The third kappa shape index (κ3) is 3.65. The fourth-order valence-corrected chi connectivity index (χ4v) is 2.86. The van der Waals surface area contributed by atoms with Gasteiger partial charge in [0, 0.05) is 24.7 Å². The lowest BCUT2D eigenvalue weighted by Gasteiger charge is -2.16. The summed E-state index contributed by atoms with van der Waals surface area (Å²) in [6.45, 7) is -0.294. The molecule has 110 valence electrons. The molecule has 0 bridgehead atoms. The maximum absolute atomic E-state index is 12.2. The summed E-state index contributed by atoms with van der Waals surface area (Å²) >= 11 is 5.60. The molecule has 20 heavy (non-hydrogen) atoms. The quantitative estimate of drug-likeness (QED) is 0.623. The lowest BCUT2D eigenvalue weighted by Crippen LogP contribution is -2.29. The maximum Gasteiger partial charge on any atom is 0.304 e. The number of hydrogen-bond acceptors (Lipinski definition) is 5. The van der Waals surface area contributed by atoms with Crippen molar-refractivity contribution in [2.75, 3.05) is 13.6 Å². The van der Waals surface area contributed by atoms with Crippen LogP contribution in [0.25, 0.3) is 0 Å². The molecular weight excluding hydrogens is 312 g/mol. The van der Waals surface area contributed by atoms with Crippen LogP contribution in [0.3, 0.4) is 0 Å². The van der Waals surface area contributed by atoms with Gasteiger partial charge in [0.2, 0.25) is 10.0 Å². The van der Waals surface area contributed by atoms with Gasteiger partial charge in [-0.15, -0.1) is 0 Å². The molecule has 0 spiro atoms. The van der Waals surface area contributed by atoms with Crippen LogP contribution < -0.4 is 0 Å². The number of carboxylic acid groups (broad SMARTS) is 1. The molecule has 0 saturated heterocycles. The molecule has 0 heterocycles. The smallest absolute Gasteiger partial charge is 0.304 e. The zero-order chi connectivity index (χ0) is 15.5. The molecule has 0 fully saturated rings. The number of carbonyl (C=O) groups is 1. The highest BCUT2D eigenvalue weighted by molar-refractivity contribution is 7.89. The van der Waals surface area contributed by atoms with E-state index in [0.29, 0.717) is 0 Å². The fourth-order valence-electron chi connectivity index (χ4n) is 1.39. The summed E-state index contributed by atoms with van der Waals surface area (Å²) in [5, 5.41) is 19.4. The minimum Gasteiger partial charge on any atom is -0.481 e. The SMILES string of the molecule is CN(CCC(=O)O)S(=O)(=O)c1ccc(Cl)cc1[N+](=O)[O-]. The van der Waals surface area contributed by atoms with Crippen LogP contribution in [0.1, 0.15) is 6.42 Å². The topological polar surface area (TPSA) is 118 Å². The van der Waals surface area contributed by atoms with Crippen molar-refractivity contribution >= 4 is 33.3 Å². The van der Waals surface area contributed by atoms with Crippen LogP contribution in [0.5, 0.6) is 0 Å². The summed E-state index contributed by atoms with van der Waals surface area (Å²) in [5.41, 5.74) is -0.653. The number of nitrogens with zero attached hydrogens (tertiary/aromatic N) is 2. The van der Waals surface area contributed by atoms with E-state index in [9.17, 15) is 23.3 Å². The Morgan fingerprint density at radius 1 is 1.50 bits per heavy atom. The van der Waals surface area contributed by atoms with E-state index in [-0.39, 0.29) is 11.6 Å². The molecule has 1 aromatic rings. The van der Waals surface area contributed by atoms with Gasteiger partial charge < -0.3 is 5.11 Å². The summed E-state index contributed by atoms with van der Waals surface area (Å²) in [6, 6.07) is 3.17. The van der Waals surface area contributed by atoms with Gasteiger partial charge in [-0.2, -0.15) is 0 Å². The third-order valence-corrected chi connectivity index (χ3v) is 4.59. The van der Waals surface area contributed by atoms with Crippen molar-refractivity contribution in [3.05, 3.63) is 33.3 Å². The first kappa shape index (κ1) is 16.3. The number of sulfonamides is 1. The van der Waals surface area contributed by atoms with Crippen molar-refractivity contribution in [1.82, 2.24) is 4.31 Å². The van der Waals surface area contributed by atoms with E-state index in [1.54, 1.807) is 0 Å². The Hall–Kier alpha value is -1.71. The van der Waals surface area contributed by atoms with Crippen molar-refractivity contribution in [3.8, 4) is 0 Å². The van der Waals surface area contributed by atoms with E-state index >= 15 is 0 Å². The highest BCUT2D eigenvalue weighted by atomic mass is 35.5. The fraction of sp³-hybridized carbons (Fsp3) is 0.300. The average Bonchev–Trinajstić information content (AvgIpc) is 2.35. The highest BCUT2D eigenvalue weighted by Gasteiger charge is 2.29. The van der Waals surface area contributed by atoms with E-state index in [1.165, 1.54) is 6.07 Å². The van der Waals surface area contributed by atoms with Gasteiger partial charge in [0.25, 0.3) is 5.69 Å². The largest absolute Gasteiger partial charge is 0.481 e. The maximum atomic E-state index is 12.2. The summed E-state index contributed by atoms with van der Waals surface area (Å²) in [6.07, 6.45) is -0.406. The molecule has 10 heteroatoms. The Morgan fingerprint density at radius 3 is 2.60 bits per heavy atom.